The number of hydrogen-bond acceptors (Lipinski definition) is 1. The van der Waals surface area contributed by atoms with Gasteiger partial charge in [0.25, 0.3) is 0 Å². The van der Waals surface area contributed by atoms with Crippen LogP contribution < -0.4 is 0 Å². The summed E-state index contributed by atoms with van der Waals surface area (Å²) in [5.74, 6) is 5.18. The van der Waals surface area contributed by atoms with Gasteiger partial charge in [-0.3, -0.25) is 0 Å². The molecule has 1 N–H and O–H groups in total. The van der Waals surface area contributed by atoms with Crippen molar-refractivity contribution < 1.29 is 5.11 Å². The van der Waals surface area contributed by atoms with Crippen molar-refractivity contribution in [2.75, 3.05) is 0 Å². The number of aliphatic hydroxyl groups is 1. The molecule has 1 fully saturated rings. The van der Waals surface area contributed by atoms with Crippen LogP contribution in [0.2, 0.25) is 0 Å². The Labute approximate surface area is 144 Å². The maximum absolute atomic E-state index is 10.2. The van der Waals surface area contributed by atoms with E-state index in [1.165, 1.54) is 32.1 Å². The van der Waals surface area contributed by atoms with Gasteiger partial charge in [-0.15, -0.1) is 0 Å². The molecule has 0 heterocycles. The summed E-state index contributed by atoms with van der Waals surface area (Å²) < 4.78 is 0. The summed E-state index contributed by atoms with van der Waals surface area (Å²) in [6.45, 7) is 11.9. The zero-order valence-electron chi connectivity index (χ0n) is 16.2. The largest absolute Gasteiger partial charge is 0.393 e. The van der Waals surface area contributed by atoms with Crippen LogP contribution in [-0.4, -0.2) is 11.2 Å². The molecule has 0 aliphatic heterocycles. The first-order chi connectivity index (χ1) is 11.0. The minimum atomic E-state index is -0.127. The molecule has 0 aromatic rings. The Morgan fingerprint density at radius 3 is 2.39 bits per heavy atom. The Bertz CT molecular complexity index is 385. The third-order valence-corrected chi connectivity index (χ3v) is 7.36. The molecular formula is C22H40O. The van der Waals surface area contributed by atoms with Crippen molar-refractivity contribution in [3.63, 3.8) is 0 Å². The maximum Gasteiger partial charge on any atom is 0.0577 e. The Kier molecular flexibility index (Phi) is 7.19. The Balaban J connectivity index is 2.07. The fraction of sp³-hybridized carbons (Fsp3) is 0.909. The molecule has 7 atom stereocenters. The zero-order chi connectivity index (χ0) is 17.0. The van der Waals surface area contributed by atoms with Crippen LogP contribution in [0, 0.1) is 35.5 Å². The van der Waals surface area contributed by atoms with E-state index in [1.54, 1.807) is 5.57 Å². The molecule has 0 aromatic carbocycles. The summed E-state index contributed by atoms with van der Waals surface area (Å²) >= 11 is 0. The van der Waals surface area contributed by atoms with E-state index < -0.39 is 0 Å². The average Bonchev–Trinajstić information content (AvgIpc) is 2.90. The molecule has 0 spiro atoms. The van der Waals surface area contributed by atoms with Gasteiger partial charge in [0, 0.05) is 0 Å². The number of allylic oxidation sites excluding steroid dienone is 1. The summed E-state index contributed by atoms with van der Waals surface area (Å²) in [5.41, 5.74) is 1.55. The SMILES string of the molecule is CCCC(O)CC1=CCC(C2CCC(CC)C2C)C(CC)C1C. The standard InChI is InChI=1S/C22H40O/c1-6-9-19(23)14-18-11-13-22(20(8-3)16(18)5)21-12-10-17(7-2)15(21)4/h11,15-17,19-23H,6-10,12-14H2,1-5H3. The van der Waals surface area contributed by atoms with Crippen molar-refractivity contribution in [3.8, 4) is 0 Å². The summed E-state index contributed by atoms with van der Waals surface area (Å²) in [7, 11) is 0. The van der Waals surface area contributed by atoms with Gasteiger partial charge in [0.2, 0.25) is 0 Å². The van der Waals surface area contributed by atoms with Gasteiger partial charge in [-0.05, 0) is 67.6 Å². The summed E-state index contributed by atoms with van der Waals surface area (Å²) in [6.07, 6.45) is 12.2. The van der Waals surface area contributed by atoms with Crippen LogP contribution in [0.4, 0.5) is 0 Å². The van der Waals surface area contributed by atoms with Crippen molar-refractivity contribution in [2.45, 2.75) is 92.1 Å². The second-order valence-electron chi connectivity index (χ2n) is 8.45. The van der Waals surface area contributed by atoms with Crippen LogP contribution in [0.1, 0.15) is 86.0 Å². The van der Waals surface area contributed by atoms with Gasteiger partial charge < -0.3 is 5.11 Å². The van der Waals surface area contributed by atoms with E-state index in [1.807, 2.05) is 0 Å². The second kappa shape index (κ2) is 8.70. The molecule has 0 aromatic heterocycles. The molecule has 2 aliphatic rings. The highest BCUT2D eigenvalue weighted by atomic mass is 16.3. The molecule has 2 aliphatic carbocycles. The maximum atomic E-state index is 10.2. The minimum Gasteiger partial charge on any atom is -0.393 e. The van der Waals surface area contributed by atoms with Gasteiger partial charge >= 0.3 is 0 Å². The topological polar surface area (TPSA) is 20.2 Å². The van der Waals surface area contributed by atoms with E-state index in [0.29, 0.717) is 5.92 Å². The normalized spacial score (nSPS) is 39.3. The third kappa shape index (κ3) is 4.21. The third-order valence-electron chi connectivity index (χ3n) is 7.36. The highest BCUT2D eigenvalue weighted by Crippen LogP contribution is 2.50. The quantitative estimate of drug-likeness (QED) is 0.552. The molecule has 134 valence electrons. The predicted molar refractivity (Wildman–Crippen MR) is 100 cm³/mol. The van der Waals surface area contributed by atoms with Gasteiger partial charge in [-0.1, -0.05) is 65.5 Å². The molecule has 7 unspecified atom stereocenters. The first-order valence-corrected chi connectivity index (χ1v) is 10.4. The van der Waals surface area contributed by atoms with E-state index in [0.717, 1.165) is 48.9 Å². The number of aliphatic hydroxyl groups excluding tert-OH is 1. The molecule has 23 heavy (non-hydrogen) atoms. The number of hydrogen-bond donors (Lipinski definition) is 1. The zero-order valence-corrected chi connectivity index (χ0v) is 16.2. The van der Waals surface area contributed by atoms with Crippen molar-refractivity contribution >= 4 is 0 Å². The van der Waals surface area contributed by atoms with Gasteiger partial charge in [0.05, 0.1) is 6.10 Å². The first-order valence-electron chi connectivity index (χ1n) is 10.4. The fourth-order valence-corrected chi connectivity index (χ4v) is 5.88. The molecular weight excluding hydrogens is 280 g/mol. The molecule has 1 heteroatoms. The summed E-state index contributed by atoms with van der Waals surface area (Å²) in [5, 5.41) is 10.2. The molecule has 0 amide bonds. The summed E-state index contributed by atoms with van der Waals surface area (Å²) in [6, 6.07) is 0. The van der Waals surface area contributed by atoms with Crippen LogP contribution in [-0.2, 0) is 0 Å². The smallest absolute Gasteiger partial charge is 0.0577 e. The molecule has 1 nitrogen and oxygen atoms in total. The fourth-order valence-electron chi connectivity index (χ4n) is 5.88. The van der Waals surface area contributed by atoms with Crippen LogP contribution in [0.15, 0.2) is 11.6 Å². The molecule has 0 saturated heterocycles. The minimum absolute atomic E-state index is 0.127. The van der Waals surface area contributed by atoms with Gasteiger partial charge in [-0.25, -0.2) is 0 Å². The first kappa shape index (κ1) is 19.0. The Morgan fingerprint density at radius 1 is 1.09 bits per heavy atom. The highest BCUT2D eigenvalue weighted by Gasteiger charge is 2.42. The monoisotopic (exact) mass is 320 g/mol. The van der Waals surface area contributed by atoms with Crippen molar-refractivity contribution in [3.05, 3.63) is 11.6 Å². The van der Waals surface area contributed by atoms with Crippen molar-refractivity contribution in [1.29, 1.82) is 0 Å². The molecule has 1 saturated carbocycles. The van der Waals surface area contributed by atoms with E-state index in [4.69, 9.17) is 0 Å². The molecule has 0 bridgehead atoms. The lowest BCUT2D eigenvalue weighted by Gasteiger charge is -2.42. The molecule has 0 radical (unpaired) electrons. The van der Waals surface area contributed by atoms with Crippen LogP contribution in [0.25, 0.3) is 0 Å². The van der Waals surface area contributed by atoms with Crippen LogP contribution in [0.5, 0.6) is 0 Å². The van der Waals surface area contributed by atoms with Crippen LogP contribution in [0.3, 0.4) is 0 Å². The highest BCUT2D eigenvalue weighted by molar-refractivity contribution is 5.14. The Morgan fingerprint density at radius 2 is 1.83 bits per heavy atom. The van der Waals surface area contributed by atoms with Gasteiger partial charge in [-0.2, -0.15) is 0 Å². The van der Waals surface area contributed by atoms with E-state index in [-0.39, 0.29) is 6.10 Å². The van der Waals surface area contributed by atoms with E-state index in [9.17, 15) is 5.11 Å². The van der Waals surface area contributed by atoms with Crippen molar-refractivity contribution in [1.82, 2.24) is 0 Å². The summed E-state index contributed by atoms with van der Waals surface area (Å²) in [4.78, 5) is 0. The Hall–Kier alpha value is -0.300. The van der Waals surface area contributed by atoms with Gasteiger partial charge in [0.15, 0.2) is 0 Å². The van der Waals surface area contributed by atoms with Gasteiger partial charge in [0.1, 0.15) is 0 Å². The number of rotatable bonds is 7. The van der Waals surface area contributed by atoms with Crippen LogP contribution >= 0.6 is 0 Å². The lowest BCUT2D eigenvalue weighted by atomic mass is 9.64. The second-order valence-corrected chi connectivity index (χ2v) is 8.45. The van der Waals surface area contributed by atoms with Crippen molar-refractivity contribution in [2.24, 2.45) is 35.5 Å². The molecule has 2 rings (SSSR count). The van der Waals surface area contributed by atoms with E-state index >= 15 is 0 Å². The lowest BCUT2D eigenvalue weighted by molar-refractivity contribution is 0.118. The average molecular weight is 321 g/mol. The lowest BCUT2D eigenvalue weighted by Crippen LogP contribution is -2.34. The predicted octanol–water partition coefficient (Wildman–Crippen LogP) is 6.22. The van der Waals surface area contributed by atoms with E-state index in [2.05, 4.69) is 40.7 Å².